The topological polar surface area (TPSA) is 39.2 Å². The summed E-state index contributed by atoms with van der Waals surface area (Å²) < 4.78 is 6.33. The average molecular weight is 292 g/mol. The first kappa shape index (κ1) is 11.8. The van der Waals surface area contributed by atoms with Crippen LogP contribution in [0.15, 0.2) is 47.1 Å². The van der Waals surface area contributed by atoms with Gasteiger partial charge in [0.25, 0.3) is 0 Å². The minimum Gasteiger partial charge on any atom is -0.485 e. The van der Waals surface area contributed by atoms with Crippen LogP contribution in [0.4, 0.5) is 0 Å². The molecule has 4 heteroatoms. The first-order valence-electron chi connectivity index (χ1n) is 5.07. The molecule has 0 saturated carbocycles. The first-order valence-corrected chi connectivity index (χ1v) is 5.87. The van der Waals surface area contributed by atoms with Crippen molar-refractivity contribution in [3.63, 3.8) is 0 Å². The Kier molecular flexibility index (Phi) is 3.88. The molecule has 1 aromatic heterocycles. The predicted molar refractivity (Wildman–Crippen MR) is 68.1 cm³/mol. The highest BCUT2D eigenvalue weighted by Gasteiger charge is 2.08. The van der Waals surface area contributed by atoms with Gasteiger partial charge in [-0.25, -0.2) is 4.98 Å². The molecule has 2 rings (SSSR count). The number of carbonyl (C=O) groups excluding carboxylic acids is 1. The summed E-state index contributed by atoms with van der Waals surface area (Å²) in [4.78, 5) is 14.8. The fraction of sp³-hybridized carbons (Fsp3) is 0.0769. The maximum absolute atomic E-state index is 10.8. The van der Waals surface area contributed by atoms with E-state index in [2.05, 4.69) is 20.9 Å². The molecule has 0 bridgehead atoms. The Hall–Kier alpha value is -1.68. The molecule has 0 aliphatic carbocycles. The van der Waals surface area contributed by atoms with E-state index >= 15 is 0 Å². The molecule has 3 nitrogen and oxygen atoms in total. The fourth-order valence-corrected chi connectivity index (χ4v) is 1.83. The molecule has 0 radical (unpaired) electrons. The lowest BCUT2D eigenvalue weighted by molar-refractivity contribution is 0.111. The summed E-state index contributed by atoms with van der Waals surface area (Å²) in [6.07, 6.45) is 2.24. The molecule has 1 heterocycles. The van der Waals surface area contributed by atoms with Crippen molar-refractivity contribution in [2.45, 2.75) is 6.61 Å². The summed E-state index contributed by atoms with van der Waals surface area (Å²) in [7, 11) is 0. The number of carbonyl (C=O) groups is 1. The van der Waals surface area contributed by atoms with Crippen molar-refractivity contribution in [1.82, 2.24) is 4.98 Å². The Morgan fingerprint density at radius 1 is 1.24 bits per heavy atom. The number of nitrogens with zero attached hydrogens (tertiary/aromatic N) is 1. The summed E-state index contributed by atoms with van der Waals surface area (Å²) in [6.45, 7) is 0.409. The van der Waals surface area contributed by atoms with E-state index in [0.29, 0.717) is 24.3 Å². The zero-order valence-corrected chi connectivity index (χ0v) is 10.6. The molecule has 2 aromatic rings. The van der Waals surface area contributed by atoms with E-state index in [4.69, 9.17) is 4.74 Å². The Morgan fingerprint density at radius 2 is 2.00 bits per heavy atom. The van der Waals surface area contributed by atoms with E-state index in [-0.39, 0.29) is 0 Å². The molecular formula is C13H10BrNO2. The smallest absolute Gasteiger partial charge is 0.172 e. The van der Waals surface area contributed by atoms with Gasteiger partial charge in [0.05, 0.1) is 4.47 Å². The lowest BCUT2D eigenvalue weighted by atomic mass is 10.2. The van der Waals surface area contributed by atoms with Crippen LogP contribution in [0.1, 0.15) is 16.1 Å². The van der Waals surface area contributed by atoms with Gasteiger partial charge in [-0.2, -0.15) is 0 Å². The Balaban J connectivity index is 2.16. The number of hydrogen-bond acceptors (Lipinski definition) is 3. The number of aldehydes is 1. The number of halogens is 1. The Bertz CT molecular complexity index is 514. The average Bonchev–Trinajstić information content (AvgIpc) is 2.38. The first-order chi connectivity index (χ1) is 8.31. The summed E-state index contributed by atoms with van der Waals surface area (Å²) in [5.41, 5.74) is 1.34. The van der Waals surface area contributed by atoms with Gasteiger partial charge in [0, 0.05) is 6.20 Å². The van der Waals surface area contributed by atoms with Gasteiger partial charge >= 0.3 is 0 Å². The van der Waals surface area contributed by atoms with Crippen LogP contribution in [0.25, 0.3) is 0 Å². The number of pyridine rings is 1. The van der Waals surface area contributed by atoms with Crippen LogP contribution in [0.5, 0.6) is 5.75 Å². The second-order valence-corrected chi connectivity index (χ2v) is 4.25. The summed E-state index contributed by atoms with van der Waals surface area (Å²) in [5.74, 6) is 0.478. The number of aromatic nitrogens is 1. The van der Waals surface area contributed by atoms with Gasteiger partial charge in [0.15, 0.2) is 12.0 Å². The second kappa shape index (κ2) is 5.59. The molecule has 0 aliphatic rings. The molecule has 0 N–H and O–H groups in total. The van der Waals surface area contributed by atoms with Gasteiger partial charge in [-0.3, -0.25) is 4.79 Å². The van der Waals surface area contributed by atoms with Crippen molar-refractivity contribution in [1.29, 1.82) is 0 Å². The highest BCUT2D eigenvalue weighted by molar-refractivity contribution is 9.10. The molecule has 0 spiro atoms. The molecule has 0 saturated heterocycles. The van der Waals surface area contributed by atoms with Crippen LogP contribution >= 0.6 is 15.9 Å². The van der Waals surface area contributed by atoms with Gasteiger partial charge in [-0.1, -0.05) is 30.3 Å². The van der Waals surface area contributed by atoms with Gasteiger partial charge < -0.3 is 4.74 Å². The van der Waals surface area contributed by atoms with E-state index in [0.717, 1.165) is 10.0 Å². The predicted octanol–water partition coefficient (Wildman–Crippen LogP) is 3.24. The van der Waals surface area contributed by atoms with Crippen LogP contribution in [0.3, 0.4) is 0 Å². The molecule has 0 atom stereocenters. The second-order valence-electron chi connectivity index (χ2n) is 3.40. The Morgan fingerprint density at radius 3 is 2.71 bits per heavy atom. The summed E-state index contributed by atoms with van der Waals surface area (Å²) in [6, 6.07) is 11.5. The van der Waals surface area contributed by atoms with Crippen molar-refractivity contribution >= 4 is 22.2 Å². The largest absolute Gasteiger partial charge is 0.485 e. The lowest BCUT2D eigenvalue weighted by Crippen LogP contribution is -2.00. The third kappa shape index (κ3) is 2.91. The fourth-order valence-electron chi connectivity index (χ4n) is 1.40. The number of hydrogen-bond donors (Lipinski definition) is 0. The van der Waals surface area contributed by atoms with Crippen molar-refractivity contribution in [3.05, 3.63) is 58.3 Å². The monoisotopic (exact) mass is 291 g/mol. The molecule has 0 amide bonds. The number of benzene rings is 1. The minimum atomic E-state index is 0.301. The summed E-state index contributed by atoms with van der Waals surface area (Å²) >= 11 is 3.34. The molecule has 0 fully saturated rings. The molecule has 86 valence electrons. The number of rotatable bonds is 4. The van der Waals surface area contributed by atoms with E-state index in [1.54, 1.807) is 12.3 Å². The quantitative estimate of drug-likeness (QED) is 0.812. The van der Waals surface area contributed by atoms with Crippen molar-refractivity contribution < 1.29 is 9.53 Å². The standard InChI is InChI=1S/C13H10BrNO2/c14-11-6-7-15-12(8-16)13(11)17-9-10-4-2-1-3-5-10/h1-8H,9H2. The van der Waals surface area contributed by atoms with Crippen LogP contribution in [0, 0.1) is 0 Å². The van der Waals surface area contributed by atoms with Gasteiger partial charge in [-0.05, 0) is 27.6 Å². The molecule has 0 unspecified atom stereocenters. The van der Waals surface area contributed by atoms with E-state index in [1.807, 2.05) is 30.3 Å². The third-order valence-electron chi connectivity index (χ3n) is 2.22. The zero-order chi connectivity index (χ0) is 12.1. The number of ether oxygens (including phenoxy) is 1. The zero-order valence-electron chi connectivity index (χ0n) is 8.97. The molecule has 0 aliphatic heterocycles. The van der Waals surface area contributed by atoms with E-state index < -0.39 is 0 Å². The minimum absolute atomic E-state index is 0.301. The van der Waals surface area contributed by atoms with Crippen LogP contribution < -0.4 is 4.74 Å². The maximum atomic E-state index is 10.8. The van der Waals surface area contributed by atoms with Gasteiger partial charge in [-0.15, -0.1) is 0 Å². The van der Waals surface area contributed by atoms with E-state index in [9.17, 15) is 4.79 Å². The third-order valence-corrected chi connectivity index (χ3v) is 2.85. The Labute approximate surface area is 108 Å². The highest BCUT2D eigenvalue weighted by Crippen LogP contribution is 2.27. The van der Waals surface area contributed by atoms with Crippen LogP contribution in [-0.2, 0) is 6.61 Å². The highest BCUT2D eigenvalue weighted by atomic mass is 79.9. The normalized spacial score (nSPS) is 9.94. The molecule has 17 heavy (non-hydrogen) atoms. The van der Waals surface area contributed by atoms with Crippen molar-refractivity contribution in [2.75, 3.05) is 0 Å². The lowest BCUT2D eigenvalue weighted by Gasteiger charge is -2.09. The van der Waals surface area contributed by atoms with Gasteiger partial charge in [0.1, 0.15) is 12.3 Å². The van der Waals surface area contributed by atoms with Crippen LogP contribution in [0.2, 0.25) is 0 Å². The van der Waals surface area contributed by atoms with E-state index in [1.165, 1.54) is 0 Å². The van der Waals surface area contributed by atoms with Crippen molar-refractivity contribution in [3.8, 4) is 5.75 Å². The maximum Gasteiger partial charge on any atom is 0.172 e. The SMILES string of the molecule is O=Cc1nccc(Br)c1OCc1ccccc1. The van der Waals surface area contributed by atoms with Crippen LogP contribution in [-0.4, -0.2) is 11.3 Å². The van der Waals surface area contributed by atoms with Gasteiger partial charge in [0.2, 0.25) is 0 Å². The summed E-state index contributed by atoms with van der Waals surface area (Å²) in [5, 5.41) is 0. The molecule has 1 aromatic carbocycles. The van der Waals surface area contributed by atoms with Crippen molar-refractivity contribution in [2.24, 2.45) is 0 Å². The molecular weight excluding hydrogens is 282 g/mol.